The van der Waals surface area contributed by atoms with Gasteiger partial charge in [0, 0.05) is 9.50 Å². The predicted molar refractivity (Wildman–Crippen MR) is 81.1 cm³/mol. The Morgan fingerprint density at radius 1 is 1.15 bits per heavy atom. The van der Waals surface area contributed by atoms with Crippen LogP contribution in [-0.4, -0.2) is 8.42 Å². The third kappa shape index (κ3) is 3.31. The zero-order valence-corrected chi connectivity index (χ0v) is 13.1. The molecule has 20 heavy (non-hydrogen) atoms. The first kappa shape index (κ1) is 14.9. The topological polar surface area (TPSA) is 70.0 Å². The second-order valence-corrected chi connectivity index (χ2v) is 6.84. The lowest BCUT2D eigenvalue weighted by molar-refractivity contribution is 0.601. The Hall–Kier alpha value is -1.55. The average Bonchev–Trinajstić information content (AvgIpc) is 2.41. The summed E-state index contributed by atoms with van der Waals surface area (Å²) in [6.45, 7) is 0. The van der Waals surface area contributed by atoms with E-state index in [0.717, 1.165) is 0 Å². The molecule has 0 aromatic heterocycles. The highest BCUT2D eigenvalue weighted by Gasteiger charge is 2.15. The number of hydrogen-bond acceptors (Lipinski definition) is 3. The summed E-state index contributed by atoms with van der Waals surface area (Å²) in [5, 5.41) is 9.23. The van der Waals surface area contributed by atoms with Gasteiger partial charge in [-0.2, -0.15) is 5.26 Å². The first-order valence-electron chi connectivity index (χ1n) is 5.40. The molecular formula is C13H8BrClN2O2S. The zero-order chi connectivity index (χ0) is 14.8. The predicted octanol–water partition coefficient (Wildman–Crippen LogP) is 3.77. The lowest BCUT2D eigenvalue weighted by atomic mass is 10.2. The summed E-state index contributed by atoms with van der Waals surface area (Å²) in [6.07, 6.45) is 0. The normalized spacial score (nSPS) is 10.8. The van der Waals surface area contributed by atoms with E-state index < -0.39 is 10.0 Å². The fourth-order valence-electron chi connectivity index (χ4n) is 1.48. The zero-order valence-electron chi connectivity index (χ0n) is 9.97. The quantitative estimate of drug-likeness (QED) is 0.892. The second kappa shape index (κ2) is 5.83. The van der Waals surface area contributed by atoms with Gasteiger partial charge in [-0.15, -0.1) is 0 Å². The molecule has 0 atom stereocenters. The molecule has 102 valence electrons. The Morgan fingerprint density at radius 2 is 1.80 bits per heavy atom. The minimum Gasteiger partial charge on any atom is -0.278 e. The molecule has 4 nitrogen and oxygen atoms in total. The van der Waals surface area contributed by atoms with Crippen LogP contribution in [0.4, 0.5) is 5.69 Å². The van der Waals surface area contributed by atoms with Gasteiger partial charge < -0.3 is 0 Å². The summed E-state index contributed by atoms with van der Waals surface area (Å²) in [7, 11) is -3.69. The number of nitriles is 1. The van der Waals surface area contributed by atoms with Crippen LogP contribution in [0.5, 0.6) is 0 Å². The molecule has 0 saturated carbocycles. The number of nitrogens with one attached hydrogen (secondary N) is 1. The van der Waals surface area contributed by atoms with Crippen molar-refractivity contribution in [2.24, 2.45) is 0 Å². The molecule has 0 amide bonds. The summed E-state index contributed by atoms with van der Waals surface area (Å²) in [4.78, 5) is 0.109. The van der Waals surface area contributed by atoms with Gasteiger partial charge in [0.1, 0.15) is 0 Å². The van der Waals surface area contributed by atoms with E-state index in [4.69, 9.17) is 16.9 Å². The summed E-state index contributed by atoms with van der Waals surface area (Å²) in [5.41, 5.74) is 0.797. The lowest BCUT2D eigenvalue weighted by Gasteiger charge is -2.10. The van der Waals surface area contributed by atoms with Crippen LogP contribution in [0.2, 0.25) is 5.02 Å². The van der Waals surface area contributed by atoms with Gasteiger partial charge in [0.2, 0.25) is 0 Å². The SMILES string of the molecule is N#Cc1ccc(NS(=O)(=O)c2ccc(Cl)cc2)c(Br)c1. The third-order valence-corrected chi connectivity index (χ3v) is 4.76. The van der Waals surface area contributed by atoms with E-state index in [-0.39, 0.29) is 4.90 Å². The Bertz CT molecular complexity index is 783. The fourth-order valence-corrected chi connectivity index (χ4v) is 3.30. The molecule has 0 heterocycles. The van der Waals surface area contributed by atoms with Crippen molar-refractivity contribution in [2.75, 3.05) is 4.72 Å². The van der Waals surface area contributed by atoms with E-state index >= 15 is 0 Å². The molecular weight excluding hydrogens is 364 g/mol. The van der Waals surface area contributed by atoms with Crippen molar-refractivity contribution in [3.63, 3.8) is 0 Å². The molecule has 0 aliphatic carbocycles. The molecule has 0 unspecified atom stereocenters. The van der Waals surface area contributed by atoms with Crippen LogP contribution in [0.25, 0.3) is 0 Å². The van der Waals surface area contributed by atoms with E-state index in [1.54, 1.807) is 6.07 Å². The molecule has 2 rings (SSSR count). The number of anilines is 1. The maximum Gasteiger partial charge on any atom is 0.261 e. The highest BCUT2D eigenvalue weighted by Crippen LogP contribution is 2.26. The number of benzene rings is 2. The van der Waals surface area contributed by atoms with Crippen molar-refractivity contribution in [2.45, 2.75) is 4.90 Å². The molecule has 0 aliphatic rings. The monoisotopic (exact) mass is 370 g/mol. The van der Waals surface area contributed by atoms with Crippen LogP contribution < -0.4 is 4.72 Å². The average molecular weight is 372 g/mol. The molecule has 0 radical (unpaired) electrons. The Labute approximate surface area is 130 Å². The Kier molecular flexibility index (Phi) is 4.33. The van der Waals surface area contributed by atoms with Gasteiger partial charge >= 0.3 is 0 Å². The largest absolute Gasteiger partial charge is 0.278 e. The maximum atomic E-state index is 12.2. The first-order valence-corrected chi connectivity index (χ1v) is 8.06. The van der Waals surface area contributed by atoms with Crippen LogP contribution in [-0.2, 0) is 10.0 Å². The molecule has 2 aromatic rings. The minimum atomic E-state index is -3.69. The molecule has 0 fully saturated rings. The molecule has 0 bridgehead atoms. The second-order valence-electron chi connectivity index (χ2n) is 3.87. The van der Waals surface area contributed by atoms with Crippen molar-refractivity contribution >= 4 is 43.2 Å². The molecule has 2 aromatic carbocycles. The van der Waals surface area contributed by atoms with Gasteiger partial charge in [-0.3, -0.25) is 4.72 Å². The molecule has 1 N–H and O–H groups in total. The van der Waals surface area contributed by atoms with Gasteiger partial charge in [0.25, 0.3) is 10.0 Å². The van der Waals surface area contributed by atoms with Crippen molar-refractivity contribution in [1.82, 2.24) is 0 Å². The van der Waals surface area contributed by atoms with Crippen LogP contribution in [0.3, 0.4) is 0 Å². The maximum absolute atomic E-state index is 12.2. The van der Waals surface area contributed by atoms with Gasteiger partial charge in [0.15, 0.2) is 0 Å². The van der Waals surface area contributed by atoms with E-state index in [1.807, 2.05) is 6.07 Å². The highest BCUT2D eigenvalue weighted by molar-refractivity contribution is 9.10. The summed E-state index contributed by atoms with van der Waals surface area (Å²) in [6, 6.07) is 12.4. The van der Waals surface area contributed by atoms with Crippen molar-refractivity contribution in [3.05, 3.63) is 57.5 Å². The molecule has 0 spiro atoms. The van der Waals surface area contributed by atoms with Crippen molar-refractivity contribution < 1.29 is 8.42 Å². The Balaban J connectivity index is 2.34. The van der Waals surface area contributed by atoms with Crippen LogP contribution in [0.15, 0.2) is 51.8 Å². The standard InChI is InChI=1S/C13H8BrClN2O2S/c14-12-7-9(8-16)1-6-13(12)17-20(18,19)11-4-2-10(15)3-5-11/h1-7,17H. The van der Waals surface area contributed by atoms with Crippen LogP contribution in [0.1, 0.15) is 5.56 Å². The van der Waals surface area contributed by atoms with Gasteiger partial charge in [-0.05, 0) is 58.4 Å². The number of hydrogen-bond donors (Lipinski definition) is 1. The highest BCUT2D eigenvalue weighted by atomic mass is 79.9. The molecule has 7 heteroatoms. The van der Waals surface area contributed by atoms with Crippen LogP contribution in [0, 0.1) is 11.3 Å². The third-order valence-electron chi connectivity index (χ3n) is 2.47. The smallest absolute Gasteiger partial charge is 0.261 e. The number of rotatable bonds is 3. The summed E-state index contributed by atoms with van der Waals surface area (Å²) >= 11 is 8.95. The minimum absolute atomic E-state index is 0.109. The summed E-state index contributed by atoms with van der Waals surface area (Å²) in [5.74, 6) is 0. The number of halogens is 2. The molecule has 0 saturated heterocycles. The van der Waals surface area contributed by atoms with E-state index in [2.05, 4.69) is 20.7 Å². The van der Waals surface area contributed by atoms with E-state index in [0.29, 0.717) is 20.7 Å². The fraction of sp³-hybridized carbons (Fsp3) is 0. The van der Waals surface area contributed by atoms with Crippen LogP contribution >= 0.6 is 27.5 Å². The first-order chi connectivity index (χ1) is 9.42. The number of nitrogens with zero attached hydrogens (tertiary/aromatic N) is 1. The van der Waals surface area contributed by atoms with Gasteiger partial charge in [-0.1, -0.05) is 11.6 Å². The van der Waals surface area contributed by atoms with Crippen molar-refractivity contribution in [3.8, 4) is 6.07 Å². The number of sulfonamides is 1. The lowest BCUT2D eigenvalue weighted by Crippen LogP contribution is -2.13. The Morgan fingerprint density at radius 3 is 2.35 bits per heavy atom. The summed E-state index contributed by atoms with van der Waals surface area (Å²) < 4.78 is 27.3. The van der Waals surface area contributed by atoms with E-state index in [1.165, 1.54) is 36.4 Å². The van der Waals surface area contributed by atoms with Gasteiger partial charge in [-0.25, -0.2) is 8.42 Å². The van der Waals surface area contributed by atoms with Gasteiger partial charge in [0.05, 0.1) is 22.2 Å². The van der Waals surface area contributed by atoms with E-state index in [9.17, 15) is 8.42 Å². The van der Waals surface area contributed by atoms with Crippen molar-refractivity contribution in [1.29, 1.82) is 5.26 Å². The molecule has 0 aliphatic heterocycles.